The third-order valence-corrected chi connectivity index (χ3v) is 5.94. The Hall–Kier alpha value is -2.84. The van der Waals surface area contributed by atoms with Crippen molar-refractivity contribution in [1.82, 2.24) is 20.2 Å². The van der Waals surface area contributed by atoms with Crippen molar-refractivity contribution in [3.8, 4) is 0 Å². The van der Waals surface area contributed by atoms with E-state index in [9.17, 15) is 14.7 Å². The number of rotatable bonds is 11. The summed E-state index contributed by atoms with van der Waals surface area (Å²) in [6.07, 6.45) is 1.04. The minimum absolute atomic E-state index is 0.0642. The molecule has 0 saturated heterocycles. The molecule has 3 aromatic rings. The number of aliphatic hydroxyl groups is 1. The number of fused-ring (bicyclic) bond motifs is 1. The van der Waals surface area contributed by atoms with E-state index in [0.29, 0.717) is 30.0 Å². The minimum Gasteiger partial charge on any atom is -0.390 e. The molecule has 8 heteroatoms. The highest BCUT2D eigenvalue weighted by molar-refractivity contribution is 7.99. The molecule has 0 aliphatic carbocycles. The highest BCUT2D eigenvalue weighted by Gasteiger charge is 2.17. The zero-order valence-corrected chi connectivity index (χ0v) is 19.3. The second kappa shape index (κ2) is 11.7. The molecule has 1 aromatic heterocycles. The van der Waals surface area contributed by atoms with Crippen molar-refractivity contribution >= 4 is 34.6 Å². The maximum absolute atomic E-state index is 12.8. The number of aromatic nitrogens is 2. The molecule has 2 amide bonds. The van der Waals surface area contributed by atoms with Crippen LogP contribution in [0.5, 0.6) is 0 Å². The van der Waals surface area contributed by atoms with Crippen molar-refractivity contribution in [2.24, 2.45) is 0 Å². The Balaban J connectivity index is 1.52. The number of hydrogen-bond donors (Lipinski definition) is 3. The van der Waals surface area contributed by atoms with E-state index in [0.717, 1.165) is 29.0 Å². The van der Waals surface area contributed by atoms with Crippen LogP contribution in [0.1, 0.15) is 47.4 Å². The Morgan fingerprint density at radius 1 is 1.09 bits per heavy atom. The second-order valence-electron chi connectivity index (χ2n) is 7.61. The molecule has 0 aliphatic rings. The molecular weight excluding hydrogens is 424 g/mol. The quantitative estimate of drug-likeness (QED) is 0.384. The number of benzene rings is 2. The van der Waals surface area contributed by atoms with Crippen LogP contribution >= 0.6 is 11.8 Å². The number of aliphatic hydroxyl groups excluding tert-OH is 1. The fourth-order valence-electron chi connectivity index (χ4n) is 3.38. The Labute approximate surface area is 192 Å². The van der Waals surface area contributed by atoms with E-state index in [-0.39, 0.29) is 18.4 Å². The van der Waals surface area contributed by atoms with Gasteiger partial charge in [-0.25, -0.2) is 4.98 Å². The Kier molecular flexibility index (Phi) is 8.70. The van der Waals surface area contributed by atoms with Gasteiger partial charge in [-0.3, -0.25) is 9.59 Å². The van der Waals surface area contributed by atoms with Gasteiger partial charge in [0.25, 0.3) is 11.8 Å². The van der Waals surface area contributed by atoms with Crippen LogP contribution in [0.3, 0.4) is 0 Å². The summed E-state index contributed by atoms with van der Waals surface area (Å²) in [5.41, 5.74) is 2.73. The Bertz CT molecular complexity index is 1010. The summed E-state index contributed by atoms with van der Waals surface area (Å²) in [5, 5.41) is 13.8. The monoisotopic (exact) mass is 454 g/mol. The summed E-state index contributed by atoms with van der Waals surface area (Å²) in [4.78, 5) is 34.8. The number of imidazole rings is 1. The largest absolute Gasteiger partial charge is 0.390 e. The van der Waals surface area contributed by atoms with Crippen LogP contribution < -0.4 is 5.32 Å². The third kappa shape index (κ3) is 6.34. The zero-order chi connectivity index (χ0) is 22.9. The normalized spacial score (nSPS) is 12.0. The van der Waals surface area contributed by atoms with Gasteiger partial charge >= 0.3 is 0 Å². The minimum atomic E-state index is -0.730. The molecule has 3 rings (SSSR count). The first-order valence-corrected chi connectivity index (χ1v) is 11.9. The van der Waals surface area contributed by atoms with Gasteiger partial charge in [0, 0.05) is 36.5 Å². The molecular formula is C24H30N4O3S. The molecule has 1 heterocycles. The van der Waals surface area contributed by atoms with Gasteiger partial charge in [0.1, 0.15) is 0 Å². The van der Waals surface area contributed by atoms with E-state index in [4.69, 9.17) is 0 Å². The third-order valence-electron chi connectivity index (χ3n) is 4.92. The number of carbonyl (C=O) groups is 2. The average molecular weight is 455 g/mol. The van der Waals surface area contributed by atoms with Crippen LogP contribution in [0.15, 0.2) is 53.7 Å². The average Bonchev–Trinajstić information content (AvgIpc) is 3.24. The number of carbonyl (C=O) groups excluding carboxylic acids is 2. The van der Waals surface area contributed by atoms with Gasteiger partial charge in [-0.1, -0.05) is 43.8 Å². The lowest BCUT2D eigenvalue weighted by Crippen LogP contribution is -2.34. The van der Waals surface area contributed by atoms with Gasteiger partial charge in [-0.15, -0.1) is 0 Å². The number of H-pyrrole nitrogens is 1. The van der Waals surface area contributed by atoms with Crippen molar-refractivity contribution in [2.45, 2.75) is 37.9 Å². The smallest absolute Gasteiger partial charge is 0.253 e. The van der Waals surface area contributed by atoms with E-state index in [1.807, 2.05) is 43.0 Å². The molecule has 0 fully saturated rings. The van der Waals surface area contributed by atoms with Gasteiger partial charge < -0.3 is 20.3 Å². The summed E-state index contributed by atoms with van der Waals surface area (Å²) in [6.45, 7) is 5.58. The first kappa shape index (κ1) is 23.8. The van der Waals surface area contributed by atoms with Crippen LogP contribution in [-0.4, -0.2) is 63.3 Å². The molecule has 3 N–H and O–H groups in total. The molecule has 1 atom stereocenters. The first-order valence-electron chi connectivity index (χ1n) is 10.9. The number of para-hydroxylation sites is 2. The van der Waals surface area contributed by atoms with Crippen molar-refractivity contribution in [3.05, 3.63) is 59.7 Å². The van der Waals surface area contributed by atoms with E-state index in [1.165, 1.54) is 11.8 Å². The van der Waals surface area contributed by atoms with Crippen LogP contribution in [-0.2, 0) is 0 Å². The molecule has 0 saturated carbocycles. The van der Waals surface area contributed by atoms with Gasteiger partial charge in [0.15, 0.2) is 5.16 Å². The Morgan fingerprint density at radius 3 is 2.53 bits per heavy atom. The summed E-state index contributed by atoms with van der Waals surface area (Å²) >= 11 is 1.40. The van der Waals surface area contributed by atoms with E-state index >= 15 is 0 Å². The highest BCUT2D eigenvalue weighted by atomic mass is 32.2. The number of nitrogens with one attached hydrogen (secondary N) is 2. The fraction of sp³-hybridized carbons (Fsp3) is 0.375. The number of hydrogen-bond acceptors (Lipinski definition) is 5. The van der Waals surface area contributed by atoms with Gasteiger partial charge in [0.05, 0.1) is 17.1 Å². The maximum Gasteiger partial charge on any atom is 0.253 e. The molecule has 7 nitrogen and oxygen atoms in total. The lowest BCUT2D eigenvalue weighted by Gasteiger charge is -2.21. The van der Waals surface area contributed by atoms with Crippen LogP contribution in [0.4, 0.5) is 0 Å². The predicted molar refractivity (Wildman–Crippen MR) is 128 cm³/mol. The molecule has 0 radical (unpaired) electrons. The van der Waals surface area contributed by atoms with Gasteiger partial charge in [0.2, 0.25) is 0 Å². The van der Waals surface area contributed by atoms with Gasteiger partial charge in [-0.05, 0) is 43.2 Å². The molecule has 0 bridgehead atoms. The van der Waals surface area contributed by atoms with Crippen LogP contribution in [0.25, 0.3) is 11.0 Å². The summed E-state index contributed by atoms with van der Waals surface area (Å²) < 4.78 is 0. The van der Waals surface area contributed by atoms with Crippen LogP contribution in [0, 0.1) is 0 Å². The lowest BCUT2D eigenvalue weighted by atomic mass is 10.1. The number of thioether (sulfide) groups is 1. The van der Waals surface area contributed by atoms with Crippen molar-refractivity contribution < 1.29 is 14.7 Å². The van der Waals surface area contributed by atoms with Crippen molar-refractivity contribution in [3.63, 3.8) is 0 Å². The van der Waals surface area contributed by atoms with Crippen molar-refractivity contribution in [1.29, 1.82) is 0 Å². The standard InChI is InChI=1S/C24H30N4O3S/c1-3-12-28(13-4-2)23(31)18-9-7-8-17(14-18)22(30)25-15-19(29)16-32-24-26-20-10-5-6-11-21(20)27-24/h5-11,14,19,29H,3-4,12-13,15-16H2,1-2H3,(H,25,30)(H,26,27)/t19-/m0/s1. The molecule has 0 unspecified atom stereocenters. The first-order chi connectivity index (χ1) is 15.5. The molecule has 170 valence electrons. The molecule has 2 aromatic carbocycles. The maximum atomic E-state index is 12.8. The molecule has 0 spiro atoms. The fourth-order valence-corrected chi connectivity index (χ4v) is 4.19. The van der Waals surface area contributed by atoms with Gasteiger partial charge in [-0.2, -0.15) is 0 Å². The predicted octanol–water partition coefficient (Wildman–Crippen LogP) is 3.71. The summed E-state index contributed by atoms with van der Waals surface area (Å²) in [7, 11) is 0. The topological polar surface area (TPSA) is 98.3 Å². The molecule has 0 aliphatic heterocycles. The number of aromatic amines is 1. The van der Waals surface area contributed by atoms with E-state index in [2.05, 4.69) is 15.3 Å². The van der Waals surface area contributed by atoms with Crippen molar-refractivity contribution in [2.75, 3.05) is 25.4 Å². The second-order valence-corrected chi connectivity index (χ2v) is 8.62. The van der Waals surface area contributed by atoms with E-state index < -0.39 is 6.10 Å². The lowest BCUT2D eigenvalue weighted by molar-refractivity contribution is 0.0755. The SMILES string of the molecule is CCCN(CCC)C(=O)c1cccc(C(=O)NC[C@H](O)CSc2nc3ccccc3[nH]2)c1. The number of amides is 2. The molecule has 32 heavy (non-hydrogen) atoms. The summed E-state index contributed by atoms with van der Waals surface area (Å²) in [5.74, 6) is 0.0114. The number of nitrogens with zero attached hydrogens (tertiary/aromatic N) is 2. The summed E-state index contributed by atoms with van der Waals surface area (Å²) in [6, 6.07) is 14.5. The van der Waals surface area contributed by atoms with E-state index in [1.54, 1.807) is 24.3 Å². The Morgan fingerprint density at radius 2 is 1.81 bits per heavy atom. The zero-order valence-electron chi connectivity index (χ0n) is 18.5. The van der Waals surface area contributed by atoms with Crippen LogP contribution in [0.2, 0.25) is 0 Å². The highest BCUT2D eigenvalue weighted by Crippen LogP contribution is 2.19.